The van der Waals surface area contributed by atoms with Gasteiger partial charge in [0.2, 0.25) is 0 Å². The summed E-state index contributed by atoms with van der Waals surface area (Å²) in [6.45, 7) is -0.569. The van der Waals surface area contributed by atoms with Gasteiger partial charge in [-0.1, -0.05) is 24.3 Å². The first-order valence-corrected chi connectivity index (χ1v) is 9.35. The molecule has 8 nitrogen and oxygen atoms in total. The first-order chi connectivity index (χ1) is 14.6. The third-order valence-electron chi connectivity index (χ3n) is 4.79. The molecule has 1 heterocycles. The minimum atomic E-state index is -1.18. The molecule has 0 saturated heterocycles. The van der Waals surface area contributed by atoms with Crippen LogP contribution in [0.4, 0.5) is 11.5 Å². The Labute approximate surface area is 172 Å². The van der Waals surface area contributed by atoms with Gasteiger partial charge >= 0.3 is 5.97 Å². The van der Waals surface area contributed by atoms with Crippen molar-refractivity contribution in [1.29, 1.82) is 5.26 Å². The summed E-state index contributed by atoms with van der Waals surface area (Å²) < 4.78 is 5.46. The number of carbonyl (C=O) groups is 1. The maximum atomic E-state index is 11.7. The van der Waals surface area contributed by atoms with Crippen LogP contribution in [0.1, 0.15) is 40.5 Å². The predicted octanol–water partition coefficient (Wildman–Crippen LogP) is 3.66. The fraction of sp³-hybridized carbons (Fsp3) is 0.182. The van der Waals surface area contributed by atoms with Gasteiger partial charge in [0.25, 0.3) is 0 Å². The molecule has 150 valence electrons. The van der Waals surface area contributed by atoms with Gasteiger partial charge in [0, 0.05) is 11.5 Å². The maximum absolute atomic E-state index is 11.7. The number of nitriles is 1. The second kappa shape index (κ2) is 8.19. The molecule has 0 amide bonds. The lowest BCUT2D eigenvalue weighted by atomic mass is 10.0. The minimum Gasteiger partial charge on any atom is -0.476 e. The number of aromatic nitrogens is 2. The molecule has 3 N–H and O–H groups in total. The van der Waals surface area contributed by atoms with Crippen LogP contribution in [-0.2, 0) is 0 Å². The van der Waals surface area contributed by atoms with E-state index in [9.17, 15) is 15.0 Å². The van der Waals surface area contributed by atoms with Crippen molar-refractivity contribution in [2.75, 3.05) is 12.1 Å². The number of hydrogen-bond donors (Lipinski definition) is 3. The van der Waals surface area contributed by atoms with E-state index in [1.165, 1.54) is 0 Å². The number of carboxylic acid groups (broad SMARTS) is 1. The highest BCUT2D eigenvalue weighted by Crippen LogP contribution is 2.40. The molecule has 1 fully saturated rings. The highest BCUT2D eigenvalue weighted by molar-refractivity contribution is 5.92. The van der Waals surface area contributed by atoms with Crippen LogP contribution in [-0.4, -0.2) is 32.9 Å². The topological polar surface area (TPSA) is 128 Å². The molecule has 30 heavy (non-hydrogen) atoms. The van der Waals surface area contributed by atoms with Crippen molar-refractivity contribution in [1.82, 2.24) is 9.97 Å². The number of hydrogen-bond acceptors (Lipinski definition) is 7. The van der Waals surface area contributed by atoms with Crippen LogP contribution >= 0.6 is 0 Å². The number of nitrogens with one attached hydrogen (secondary N) is 1. The van der Waals surface area contributed by atoms with E-state index in [4.69, 9.17) is 10.00 Å². The molecule has 1 aliphatic rings. The van der Waals surface area contributed by atoms with Crippen molar-refractivity contribution in [3.05, 3.63) is 65.6 Å². The van der Waals surface area contributed by atoms with Crippen molar-refractivity contribution in [2.45, 2.75) is 18.8 Å². The van der Waals surface area contributed by atoms with E-state index in [0.29, 0.717) is 28.3 Å². The third kappa shape index (κ3) is 3.92. The number of carboxylic acids is 1. The number of aliphatic hydroxyl groups is 1. The highest BCUT2D eigenvalue weighted by atomic mass is 16.6. The predicted molar refractivity (Wildman–Crippen MR) is 109 cm³/mol. The van der Waals surface area contributed by atoms with Gasteiger partial charge in [-0.2, -0.15) is 5.26 Å². The van der Waals surface area contributed by atoms with E-state index < -0.39 is 12.8 Å². The summed E-state index contributed by atoms with van der Waals surface area (Å²) in [6.07, 6.45) is 3.56. The Bertz CT molecular complexity index is 1130. The zero-order valence-corrected chi connectivity index (χ0v) is 15.9. The highest BCUT2D eigenvalue weighted by Gasteiger charge is 2.28. The van der Waals surface area contributed by atoms with Crippen molar-refractivity contribution in [3.63, 3.8) is 0 Å². The fourth-order valence-electron chi connectivity index (χ4n) is 3.15. The molecule has 0 unspecified atom stereocenters. The molecule has 0 atom stereocenters. The second-order valence-corrected chi connectivity index (χ2v) is 6.84. The Morgan fingerprint density at radius 3 is 2.63 bits per heavy atom. The molecule has 0 spiro atoms. The van der Waals surface area contributed by atoms with E-state index in [-0.39, 0.29) is 17.4 Å². The van der Waals surface area contributed by atoms with Crippen molar-refractivity contribution in [3.8, 4) is 22.9 Å². The van der Waals surface area contributed by atoms with Gasteiger partial charge in [-0.05, 0) is 36.6 Å². The van der Waals surface area contributed by atoms with Crippen LogP contribution in [0.25, 0.3) is 11.1 Å². The molecule has 1 aromatic heterocycles. The average molecular weight is 402 g/mol. The van der Waals surface area contributed by atoms with Crippen LogP contribution in [0.2, 0.25) is 0 Å². The number of aromatic carboxylic acids is 1. The first kappa shape index (κ1) is 19.4. The second-order valence-electron chi connectivity index (χ2n) is 6.84. The van der Waals surface area contributed by atoms with Crippen LogP contribution in [0, 0.1) is 11.3 Å². The summed E-state index contributed by atoms with van der Waals surface area (Å²) in [5.74, 6) is -0.487. The Hall–Kier alpha value is -3.96. The van der Waals surface area contributed by atoms with E-state index in [1.54, 1.807) is 48.7 Å². The molecular weight excluding hydrogens is 384 g/mol. The number of ether oxygens (including phenoxy) is 1. The lowest BCUT2D eigenvalue weighted by Crippen LogP contribution is -2.10. The largest absolute Gasteiger partial charge is 0.476 e. The van der Waals surface area contributed by atoms with Crippen LogP contribution < -0.4 is 10.1 Å². The van der Waals surface area contributed by atoms with Crippen molar-refractivity contribution >= 4 is 17.5 Å². The Morgan fingerprint density at radius 1 is 1.23 bits per heavy atom. The number of anilines is 2. The van der Waals surface area contributed by atoms with Gasteiger partial charge in [0.05, 0.1) is 29.2 Å². The van der Waals surface area contributed by atoms with Crippen molar-refractivity contribution in [2.24, 2.45) is 0 Å². The zero-order chi connectivity index (χ0) is 21.1. The number of benzene rings is 2. The Kier molecular flexibility index (Phi) is 5.28. The normalized spacial score (nSPS) is 12.8. The van der Waals surface area contributed by atoms with E-state index >= 15 is 0 Å². The molecule has 0 radical (unpaired) electrons. The molecule has 1 saturated carbocycles. The van der Waals surface area contributed by atoms with E-state index in [1.807, 2.05) is 0 Å². The quantitative estimate of drug-likeness (QED) is 0.511. The lowest BCUT2D eigenvalue weighted by Gasteiger charge is -2.17. The molecule has 4 rings (SSSR count). The number of para-hydroxylation sites is 1. The molecular formula is C22H18N4O4. The Morgan fingerprint density at radius 2 is 2.00 bits per heavy atom. The monoisotopic (exact) mass is 402 g/mol. The summed E-state index contributed by atoms with van der Waals surface area (Å²) >= 11 is 0. The summed E-state index contributed by atoms with van der Waals surface area (Å²) in [6, 6.07) is 14.2. The smallest absolute Gasteiger partial charge is 0.358 e. The Balaban J connectivity index is 1.74. The first-order valence-electron chi connectivity index (χ1n) is 9.35. The van der Waals surface area contributed by atoms with Gasteiger partial charge < -0.3 is 20.3 Å². The summed E-state index contributed by atoms with van der Waals surface area (Å²) in [7, 11) is 0. The molecule has 1 aliphatic carbocycles. The minimum absolute atomic E-state index is 0.0895. The molecule has 0 bridgehead atoms. The third-order valence-corrected chi connectivity index (χ3v) is 4.79. The summed E-state index contributed by atoms with van der Waals surface area (Å²) in [4.78, 5) is 20.3. The standard InChI is InChI=1S/C22H18N4O4/c23-10-13-4-6-14(7-5-13)16-2-1-3-17(20(16)30-12-27)26-21-19(22(28)29)25-18(11-24-21)15-8-9-15/h1-7,11,15,27H,8-9,12H2,(H,24,26)(H,28,29). The average Bonchev–Trinajstić information content (AvgIpc) is 3.61. The fourth-order valence-corrected chi connectivity index (χ4v) is 3.15. The molecule has 8 heteroatoms. The van der Waals surface area contributed by atoms with Gasteiger partial charge in [0.15, 0.2) is 24.1 Å². The summed E-state index contributed by atoms with van der Waals surface area (Å²) in [5.41, 5.74) is 2.90. The molecule has 3 aromatic rings. The van der Waals surface area contributed by atoms with Crippen molar-refractivity contribution < 1.29 is 19.7 Å². The summed E-state index contributed by atoms with van der Waals surface area (Å²) in [5, 5.41) is 31.0. The van der Waals surface area contributed by atoms with E-state index in [0.717, 1.165) is 18.4 Å². The molecule has 2 aromatic carbocycles. The van der Waals surface area contributed by atoms with E-state index in [2.05, 4.69) is 21.4 Å². The van der Waals surface area contributed by atoms with Gasteiger partial charge in [0.1, 0.15) is 0 Å². The number of rotatable bonds is 7. The SMILES string of the molecule is N#Cc1ccc(-c2cccc(Nc3ncc(C4CC4)nc3C(=O)O)c2OCO)cc1. The number of nitrogens with zero attached hydrogens (tertiary/aromatic N) is 3. The molecule has 0 aliphatic heterocycles. The van der Waals surface area contributed by atoms with Gasteiger partial charge in [-0.3, -0.25) is 0 Å². The maximum Gasteiger partial charge on any atom is 0.358 e. The lowest BCUT2D eigenvalue weighted by molar-refractivity contribution is 0.0690. The van der Waals surface area contributed by atoms with Crippen LogP contribution in [0.15, 0.2) is 48.7 Å². The number of aliphatic hydroxyl groups excluding tert-OH is 1. The van der Waals surface area contributed by atoms with Gasteiger partial charge in [-0.25, -0.2) is 14.8 Å². The van der Waals surface area contributed by atoms with Crippen LogP contribution in [0.3, 0.4) is 0 Å². The zero-order valence-electron chi connectivity index (χ0n) is 15.9. The van der Waals surface area contributed by atoms with Crippen LogP contribution in [0.5, 0.6) is 5.75 Å². The van der Waals surface area contributed by atoms with Gasteiger partial charge in [-0.15, -0.1) is 0 Å².